The van der Waals surface area contributed by atoms with Crippen LogP contribution in [0.25, 0.3) is 0 Å². The number of anilines is 1. The lowest BCUT2D eigenvalue weighted by Crippen LogP contribution is -2.43. The quantitative estimate of drug-likeness (QED) is 0.683. The van der Waals surface area contributed by atoms with Crippen molar-refractivity contribution in [3.63, 3.8) is 0 Å². The maximum atomic E-state index is 4.42. The summed E-state index contributed by atoms with van der Waals surface area (Å²) in [5, 5.41) is 3.32. The van der Waals surface area contributed by atoms with Gasteiger partial charge in [0, 0.05) is 37.9 Å². The number of aromatic nitrogens is 1. The van der Waals surface area contributed by atoms with E-state index >= 15 is 0 Å². The molecule has 0 saturated carbocycles. The van der Waals surface area contributed by atoms with Gasteiger partial charge in [-0.2, -0.15) is 0 Å². The lowest BCUT2D eigenvalue weighted by atomic mass is 10.2. The molecular weight excluding hydrogens is 186 g/mol. The Morgan fingerprint density at radius 2 is 2.13 bits per heavy atom. The zero-order chi connectivity index (χ0) is 10.5. The molecular formula is C12H15N3. The molecule has 0 aromatic carbocycles. The van der Waals surface area contributed by atoms with Crippen molar-refractivity contribution in [3.05, 3.63) is 23.9 Å². The lowest BCUT2D eigenvalue weighted by molar-refractivity contribution is 0.585. The highest BCUT2D eigenvalue weighted by Crippen LogP contribution is 2.11. The molecule has 0 amide bonds. The molecule has 1 aliphatic rings. The standard InChI is InChI=1S/C12H15N3/c1-2-3-11-4-5-12(14-10-11)15-8-6-13-7-9-15/h4-5,10,13H,6-9H2,1H3. The zero-order valence-electron chi connectivity index (χ0n) is 8.95. The van der Waals surface area contributed by atoms with Gasteiger partial charge in [-0.25, -0.2) is 4.98 Å². The Bertz CT molecular complexity index is 366. The minimum atomic E-state index is 0.983. The molecule has 1 aromatic rings. The van der Waals surface area contributed by atoms with E-state index in [1.165, 1.54) is 0 Å². The molecule has 78 valence electrons. The van der Waals surface area contributed by atoms with E-state index in [1.807, 2.05) is 25.3 Å². The van der Waals surface area contributed by atoms with Gasteiger partial charge in [0.2, 0.25) is 0 Å². The monoisotopic (exact) mass is 201 g/mol. The molecule has 2 heterocycles. The second kappa shape index (κ2) is 4.81. The van der Waals surface area contributed by atoms with Gasteiger partial charge in [0.15, 0.2) is 0 Å². The van der Waals surface area contributed by atoms with Crippen LogP contribution in [0.4, 0.5) is 5.82 Å². The summed E-state index contributed by atoms with van der Waals surface area (Å²) in [6.45, 7) is 5.98. The van der Waals surface area contributed by atoms with Crippen LogP contribution in [-0.4, -0.2) is 31.2 Å². The van der Waals surface area contributed by atoms with Crippen molar-refractivity contribution < 1.29 is 0 Å². The fourth-order valence-corrected chi connectivity index (χ4v) is 1.69. The van der Waals surface area contributed by atoms with Crippen LogP contribution in [0.15, 0.2) is 18.3 Å². The molecule has 3 nitrogen and oxygen atoms in total. The van der Waals surface area contributed by atoms with E-state index < -0.39 is 0 Å². The molecule has 1 aromatic heterocycles. The molecule has 0 spiro atoms. The van der Waals surface area contributed by atoms with Crippen LogP contribution in [0.1, 0.15) is 12.5 Å². The fourth-order valence-electron chi connectivity index (χ4n) is 1.69. The first-order valence-corrected chi connectivity index (χ1v) is 5.24. The van der Waals surface area contributed by atoms with E-state index in [1.54, 1.807) is 0 Å². The van der Waals surface area contributed by atoms with Gasteiger partial charge in [0.25, 0.3) is 0 Å². The van der Waals surface area contributed by atoms with Crippen molar-refractivity contribution in [2.24, 2.45) is 0 Å². The predicted octanol–water partition coefficient (Wildman–Crippen LogP) is 0.863. The number of hydrogen-bond acceptors (Lipinski definition) is 3. The number of nitrogens with zero attached hydrogens (tertiary/aromatic N) is 2. The third-order valence-corrected chi connectivity index (χ3v) is 2.46. The zero-order valence-corrected chi connectivity index (χ0v) is 8.95. The van der Waals surface area contributed by atoms with E-state index in [4.69, 9.17) is 0 Å². The van der Waals surface area contributed by atoms with Gasteiger partial charge in [-0.15, -0.1) is 5.92 Å². The van der Waals surface area contributed by atoms with Crippen molar-refractivity contribution in [1.82, 2.24) is 10.3 Å². The first-order chi connectivity index (χ1) is 7.40. The highest BCUT2D eigenvalue weighted by atomic mass is 15.2. The van der Waals surface area contributed by atoms with Gasteiger partial charge in [-0.05, 0) is 19.1 Å². The second-order valence-corrected chi connectivity index (χ2v) is 3.52. The summed E-state index contributed by atoms with van der Waals surface area (Å²) in [5.41, 5.74) is 0.983. The minimum absolute atomic E-state index is 0.983. The van der Waals surface area contributed by atoms with E-state index in [-0.39, 0.29) is 0 Å². The van der Waals surface area contributed by atoms with Gasteiger partial charge in [-0.3, -0.25) is 0 Å². The summed E-state index contributed by atoms with van der Waals surface area (Å²) in [6.07, 6.45) is 1.84. The first kappa shape index (κ1) is 10.0. The van der Waals surface area contributed by atoms with Crippen LogP contribution < -0.4 is 10.2 Å². The average Bonchev–Trinajstić information content (AvgIpc) is 2.32. The smallest absolute Gasteiger partial charge is 0.128 e. The van der Waals surface area contributed by atoms with Crippen molar-refractivity contribution in [2.45, 2.75) is 6.92 Å². The Morgan fingerprint density at radius 1 is 1.33 bits per heavy atom. The Labute approximate surface area is 90.5 Å². The van der Waals surface area contributed by atoms with Gasteiger partial charge in [0.05, 0.1) is 0 Å². The molecule has 1 aliphatic heterocycles. The number of nitrogens with one attached hydrogen (secondary N) is 1. The maximum Gasteiger partial charge on any atom is 0.128 e. The van der Waals surface area contributed by atoms with Gasteiger partial charge in [-0.1, -0.05) is 5.92 Å². The van der Waals surface area contributed by atoms with Crippen LogP contribution >= 0.6 is 0 Å². The van der Waals surface area contributed by atoms with E-state index in [9.17, 15) is 0 Å². The van der Waals surface area contributed by atoms with Crippen LogP contribution in [0.2, 0.25) is 0 Å². The number of pyridine rings is 1. The van der Waals surface area contributed by atoms with E-state index in [0.29, 0.717) is 0 Å². The molecule has 1 N–H and O–H groups in total. The Balaban J connectivity index is 2.10. The number of rotatable bonds is 1. The highest BCUT2D eigenvalue weighted by molar-refractivity contribution is 5.43. The Morgan fingerprint density at radius 3 is 2.73 bits per heavy atom. The van der Waals surface area contributed by atoms with E-state index in [0.717, 1.165) is 37.6 Å². The van der Waals surface area contributed by atoms with E-state index in [2.05, 4.69) is 27.0 Å². The largest absolute Gasteiger partial charge is 0.354 e. The minimum Gasteiger partial charge on any atom is -0.354 e. The molecule has 0 unspecified atom stereocenters. The summed E-state index contributed by atoms with van der Waals surface area (Å²) in [5.74, 6) is 6.92. The number of piperazine rings is 1. The average molecular weight is 201 g/mol. The summed E-state index contributed by atoms with van der Waals surface area (Å²) < 4.78 is 0. The summed E-state index contributed by atoms with van der Waals surface area (Å²) in [7, 11) is 0. The topological polar surface area (TPSA) is 28.2 Å². The normalized spacial score (nSPS) is 15.7. The number of hydrogen-bond donors (Lipinski definition) is 1. The van der Waals surface area contributed by atoms with Crippen molar-refractivity contribution in [1.29, 1.82) is 0 Å². The fraction of sp³-hybridized carbons (Fsp3) is 0.417. The first-order valence-electron chi connectivity index (χ1n) is 5.24. The molecule has 0 radical (unpaired) electrons. The highest BCUT2D eigenvalue weighted by Gasteiger charge is 2.10. The summed E-state index contributed by atoms with van der Waals surface area (Å²) in [6, 6.07) is 4.08. The molecule has 0 bridgehead atoms. The lowest BCUT2D eigenvalue weighted by Gasteiger charge is -2.28. The van der Waals surface area contributed by atoms with Crippen molar-refractivity contribution in [2.75, 3.05) is 31.1 Å². The van der Waals surface area contributed by atoms with Gasteiger partial charge in [0.1, 0.15) is 5.82 Å². The summed E-state index contributed by atoms with van der Waals surface area (Å²) >= 11 is 0. The maximum absolute atomic E-state index is 4.42. The second-order valence-electron chi connectivity index (χ2n) is 3.52. The SMILES string of the molecule is CC#Cc1ccc(N2CCNCC2)nc1. The predicted molar refractivity (Wildman–Crippen MR) is 61.9 cm³/mol. The molecule has 0 aliphatic carbocycles. The molecule has 3 heteroatoms. The molecule has 0 atom stereocenters. The molecule has 2 rings (SSSR count). The summed E-state index contributed by atoms with van der Waals surface area (Å²) in [4.78, 5) is 6.71. The van der Waals surface area contributed by atoms with Gasteiger partial charge >= 0.3 is 0 Å². The van der Waals surface area contributed by atoms with Gasteiger partial charge < -0.3 is 10.2 Å². The Hall–Kier alpha value is -1.53. The van der Waals surface area contributed by atoms with Crippen molar-refractivity contribution >= 4 is 5.82 Å². The third-order valence-electron chi connectivity index (χ3n) is 2.46. The van der Waals surface area contributed by atoms with Crippen LogP contribution in [0.5, 0.6) is 0 Å². The third kappa shape index (κ3) is 2.48. The Kier molecular flexibility index (Phi) is 3.21. The van der Waals surface area contributed by atoms with Crippen LogP contribution in [0, 0.1) is 11.8 Å². The van der Waals surface area contributed by atoms with Crippen molar-refractivity contribution in [3.8, 4) is 11.8 Å². The molecule has 15 heavy (non-hydrogen) atoms. The van der Waals surface area contributed by atoms with Crippen LogP contribution in [-0.2, 0) is 0 Å². The molecule has 1 saturated heterocycles. The molecule has 1 fully saturated rings. The van der Waals surface area contributed by atoms with Crippen LogP contribution in [0.3, 0.4) is 0 Å².